The van der Waals surface area contributed by atoms with E-state index >= 15 is 0 Å². The molecule has 2 rings (SSSR count). The van der Waals surface area contributed by atoms with Gasteiger partial charge in [0, 0.05) is 22.3 Å². The molecular weight excluding hydrogens is 329 g/mol. The van der Waals surface area contributed by atoms with Crippen molar-refractivity contribution in [1.29, 1.82) is 0 Å². The lowest BCUT2D eigenvalue weighted by molar-refractivity contribution is 0.305. The first-order chi connectivity index (χ1) is 11.2. The first-order valence-electron chi connectivity index (χ1n) is 8.09. The van der Waals surface area contributed by atoms with Crippen LogP contribution in [0.5, 0.6) is 5.75 Å². The zero-order valence-corrected chi connectivity index (χ0v) is 15.0. The zero-order valence-electron chi connectivity index (χ0n) is 13.4. The number of anilines is 1. The summed E-state index contributed by atoms with van der Waals surface area (Å²) in [6.45, 7) is 3.68. The summed E-state index contributed by atoms with van der Waals surface area (Å²) in [6, 6.07) is 13.6. The molecule has 0 radical (unpaired) electrons. The quantitative estimate of drug-likeness (QED) is 0.516. The molecule has 2 aromatic carbocycles. The Hall–Kier alpha value is -1.38. The molecule has 0 aromatic heterocycles. The Bertz CT molecular complexity index is 579. The van der Waals surface area contributed by atoms with Crippen LogP contribution in [0.1, 0.15) is 38.2 Å². The van der Waals surface area contributed by atoms with Crippen LogP contribution in [0.2, 0.25) is 10.0 Å². The molecule has 0 amide bonds. The van der Waals surface area contributed by atoms with Crippen molar-refractivity contribution in [2.75, 3.05) is 11.9 Å². The zero-order chi connectivity index (χ0) is 16.5. The van der Waals surface area contributed by atoms with Crippen LogP contribution in [-0.4, -0.2) is 6.61 Å². The Morgan fingerprint density at radius 1 is 0.913 bits per heavy atom. The molecule has 0 aliphatic carbocycles. The number of halogens is 2. The van der Waals surface area contributed by atoms with Crippen molar-refractivity contribution in [3.8, 4) is 5.75 Å². The first kappa shape index (κ1) is 18.0. The molecule has 0 fully saturated rings. The lowest BCUT2D eigenvalue weighted by atomic mass is 10.2. The fourth-order valence-electron chi connectivity index (χ4n) is 2.31. The van der Waals surface area contributed by atoms with Gasteiger partial charge in [0.15, 0.2) is 0 Å². The average molecular weight is 352 g/mol. The number of rotatable bonds is 9. The van der Waals surface area contributed by atoms with E-state index in [1.807, 2.05) is 36.4 Å². The monoisotopic (exact) mass is 351 g/mol. The van der Waals surface area contributed by atoms with E-state index in [1.54, 1.807) is 6.07 Å². The molecule has 0 unspecified atom stereocenters. The second kappa shape index (κ2) is 9.69. The molecule has 124 valence electrons. The second-order valence-corrected chi connectivity index (χ2v) is 6.44. The van der Waals surface area contributed by atoms with Crippen LogP contribution in [0.15, 0.2) is 42.5 Å². The van der Waals surface area contributed by atoms with E-state index in [1.165, 1.54) is 19.3 Å². The number of ether oxygens (including phenoxy) is 1. The van der Waals surface area contributed by atoms with Crippen LogP contribution >= 0.6 is 23.2 Å². The molecule has 1 N–H and O–H groups in total. The summed E-state index contributed by atoms with van der Waals surface area (Å²) in [7, 11) is 0. The number of unbranched alkanes of at least 4 members (excludes halogenated alkanes) is 3. The van der Waals surface area contributed by atoms with Gasteiger partial charge in [0.05, 0.1) is 6.61 Å². The van der Waals surface area contributed by atoms with E-state index in [-0.39, 0.29) is 0 Å². The fraction of sp³-hybridized carbons (Fsp3) is 0.368. The number of nitrogens with one attached hydrogen (secondary N) is 1. The summed E-state index contributed by atoms with van der Waals surface area (Å²) in [5.74, 6) is 0.915. The third kappa shape index (κ3) is 6.72. The molecule has 2 nitrogen and oxygen atoms in total. The highest BCUT2D eigenvalue weighted by atomic mass is 35.5. The summed E-state index contributed by atoms with van der Waals surface area (Å²) in [5.41, 5.74) is 2.10. The third-order valence-electron chi connectivity index (χ3n) is 3.54. The van der Waals surface area contributed by atoms with Crippen LogP contribution < -0.4 is 10.1 Å². The van der Waals surface area contributed by atoms with Crippen LogP contribution in [0.25, 0.3) is 0 Å². The van der Waals surface area contributed by atoms with Gasteiger partial charge in [0.1, 0.15) is 5.75 Å². The van der Waals surface area contributed by atoms with Crippen LogP contribution in [-0.2, 0) is 6.54 Å². The van der Waals surface area contributed by atoms with E-state index in [4.69, 9.17) is 27.9 Å². The lowest BCUT2D eigenvalue weighted by Crippen LogP contribution is -2.00. The maximum atomic E-state index is 6.00. The highest BCUT2D eigenvalue weighted by Crippen LogP contribution is 2.21. The predicted molar refractivity (Wildman–Crippen MR) is 99.9 cm³/mol. The Morgan fingerprint density at radius 3 is 2.26 bits per heavy atom. The van der Waals surface area contributed by atoms with Crippen molar-refractivity contribution in [3.05, 3.63) is 58.1 Å². The second-order valence-electron chi connectivity index (χ2n) is 5.56. The van der Waals surface area contributed by atoms with E-state index in [9.17, 15) is 0 Å². The van der Waals surface area contributed by atoms with Gasteiger partial charge in [-0.2, -0.15) is 0 Å². The molecule has 2 aromatic rings. The molecule has 0 saturated heterocycles. The lowest BCUT2D eigenvalue weighted by Gasteiger charge is -2.09. The van der Waals surface area contributed by atoms with Crippen molar-refractivity contribution < 1.29 is 4.74 Å². The van der Waals surface area contributed by atoms with Crippen LogP contribution in [0.3, 0.4) is 0 Å². The molecular formula is C19H23Cl2NO. The average Bonchev–Trinajstić information content (AvgIpc) is 2.53. The topological polar surface area (TPSA) is 21.3 Å². The largest absolute Gasteiger partial charge is 0.494 e. The van der Waals surface area contributed by atoms with Gasteiger partial charge in [-0.25, -0.2) is 0 Å². The van der Waals surface area contributed by atoms with Crippen molar-refractivity contribution in [2.45, 2.75) is 39.2 Å². The number of hydrogen-bond acceptors (Lipinski definition) is 2. The maximum absolute atomic E-state index is 6.00. The molecule has 0 saturated carbocycles. The van der Waals surface area contributed by atoms with Crippen LogP contribution in [0.4, 0.5) is 5.69 Å². The Kier molecular flexibility index (Phi) is 7.57. The summed E-state index contributed by atoms with van der Waals surface area (Å²) < 4.78 is 5.74. The van der Waals surface area contributed by atoms with E-state index in [0.717, 1.165) is 30.0 Å². The van der Waals surface area contributed by atoms with Gasteiger partial charge >= 0.3 is 0 Å². The smallest absolute Gasteiger partial charge is 0.119 e. The molecule has 0 bridgehead atoms. The fourth-order valence-corrected chi connectivity index (χ4v) is 2.88. The van der Waals surface area contributed by atoms with Crippen molar-refractivity contribution in [2.24, 2.45) is 0 Å². The molecule has 0 spiro atoms. The predicted octanol–water partition coefficient (Wildman–Crippen LogP) is 6.56. The van der Waals surface area contributed by atoms with Gasteiger partial charge in [-0.1, -0.05) is 49.4 Å². The molecule has 4 heteroatoms. The Labute approximate surface area is 148 Å². The van der Waals surface area contributed by atoms with E-state index in [0.29, 0.717) is 16.6 Å². The molecule has 0 heterocycles. The minimum Gasteiger partial charge on any atom is -0.494 e. The standard InChI is InChI=1S/C19H23Cl2NO/c1-2-3-4-5-10-23-19-8-6-18(7-9-19)22-14-15-11-16(20)13-17(21)12-15/h6-9,11-13,22H,2-5,10,14H2,1H3. The van der Waals surface area contributed by atoms with E-state index in [2.05, 4.69) is 12.2 Å². The minimum atomic E-state index is 0.654. The minimum absolute atomic E-state index is 0.654. The van der Waals surface area contributed by atoms with Gasteiger partial charge in [-0.15, -0.1) is 0 Å². The van der Waals surface area contributed by atoms with Crippen molar-refractivity contribution in [3.63, 3.8) is 0 Å². The van der Waals surface area contributed by atoms with Gasteiger partial charge in [-0.05, 0) is 54.4 Å². The first-order valence-corrected chi connectivity index (χ1v) is 8.84. The SMILES string of the molecule is CCCCCCOc1ccc(NCc2cc(Cl)cc(Cl)c2)cc1. The third-order valence-corrected chi connectivity index (χ3v) is 3.98. The Balaban J connectivity index is 1.78. The Morgan fingerprint density at radius 2 is 1.61 bits per heavy atom. The highest BCUT2D eigenvalue weighted by Gasteiger charge is 2.00. The molecule has 0 aliphatic heterocycles. The summed E-state index contributed by atoms with van der Waals surface area (Å²) >= 11 is 12.0. The van der Waals surface area contributed by atoms with Gasteiger partial charge < -0.3 is 10.1 Å². The van der Waals surface area contributed by atoms with E-state index < -0.39 is 0 Å². The normalized spacial score (nSPS) is 10.6. The summed E-state index contributed by atoms with van der Waals surface area (Å²) in [4.78, 5) is 0. The van der Waals surface area contributed by atoms with Gasteiger partial charge in [-0.3, -0.25) is 0 Å². The van der Waals surface area contributed by atoms with Gasteiger partial charge in [0.25, 0.3) is 0 Å². The summed E-state index contributed by atoms with van der Waals surface area (Å²) in [5, 5.41) is 4.66. The van der Waals surface area contributed by atoms with Crippen molar-refractivity contribution >= 4 is 28.9 Å². The van der Waals surface area contributed by atoms with Gasteiger partial charge in [0.2, 0.25) is 0 Å². The highest BCUT2D eigenvalue weighted by molar-refractivity contribution is 6.34. The number of benzene rings is 2. The molecule has 23 heavy (non-hydrogen) atoms. The van der Waals surface area contributed by atoms with Crippen LogP contribution in [0, 0.1) is 0 Å². The summed E-state index contributed by atoms with van der Waals surface area (Å²) in [6.07, 6.45) is 4.87. The maximum Gasteiger partial charge on any atom is 0.119 e. The molecule has 0 atom stereocenters. The van der Waals surface area contributed by atoms with Crippen molar-refractivity contribution in [1.82, 2.24) is 0 Å². The molecule has 0 aliphatic rings. The number of hydrogen-bond donors (Lipinski definition) is 1.